The molecule has 0 N–H and O–H groups in total. The van der Waals surface area contributed by atoms with Gasteiger partial charge in [-0.05, 0) is 35.4 Å². The van der Waals surface area contributed by atoms with Crippen LogP contribution in [0.15, 0.2) is 67.0 Å². The molecule has 0 spiro atoms. The summed E-state index contributed by atoms with van der Waals surface area (Å²) in [6, 6.07) is 15.1. The van der Waals surface area contributed by atoms with Gasteiger partial charge in [-0.25, -0.2) is 0 Å². The minimum absolute atomic E-state index is 0.121. The largest absolute Gasteiger partial charge is 0.416 e. The first-order valence-electron chi connectivity index (χ1n) is 9.83. The number of alkyl halides is 3. The number of morpholine rings is 1. The van der Waals surface area contributed by atoms with Gasteiger partial charge >= 0.3 is 6.18 Å². The molecule has 156 valence electrons. The van der Waals surface area contributed by atoms with Crippen LogP contribution in [0, 0.1) is 0 Å². The molecule has 0 saturated carbocycles. The van der Waals surface area contributed by atoms with Crippen LogP contribution in [0.2, 0.25) is 0 Å². The van der Waals surface area contributed by atoms with E-state index in [1.165, 1.54) is 12.1 Å². The van der Waals surface area contributed by atoms with Crippen molar-refractivity contribution in [1.29, 1.82) is 0 Å². The number of nitrogens with zero attached hydrogens (tertiary/aromatic N) is 3. The van der Waals surface area contributed by atoms with Gasteiger partial charge in [-0.15, -0.1) is 0 Å². The Hall–Kier alpha value is -2.77. The minimum atomic E-state index is -4.38. The molecule has 0 radical (unpaired) electrons. The average molecular weight is 413 g/mol. The molecule has 3 heterocycles. The van der Waals surface area contributed by atoms with Crippen LogP contribution in [0.25, 0.3) is 0 Å². The molecule has 30 heavy (non-hydrogen) atoms. The van der Waals surface area contributed by atoms with Gasteiger partial charge in [0.05, 0.1) is 17.9 Å². The third-order valence-corrected chi connectivity index (χ3v) is 5.13. The van der Waals surface area contributed by atoms with Crippen LogP contribution in [0.3, 0.4) is 0 Å². The summed E-state index contributed by atoms with van der Waals surface area (Å²) in [6.45, 7) is 2.83. The van der Waals surface area contributed by atoms with E-state index in [9.17, 15) is 13.2 Å². The Morgan fingerprint density at radius 3 is 2.70 bits per heavy atom. The van der Waals surface area contributed by atoms with Gasteiger partial charge < -0.3 is 4.74 Å². The van der Waals surface area contributed by atoms with Crippen molar-refractivity contribution in [1.82, 2.24) is 14.9 Å². The van der Waals surface area contributed by atoms with Crippen LogP contribution in [-0.2, 0) is 23.9 Å². The molecule has 4 nitrogen and oxygen atoms in total. The summed E-state index contributed by atoms with van der Waals surface area (Å²) in [5, 5.41) is 0. The number of aromatic nitrogens is 2. The third kappa shape index (κ3) is 5.04. The van der Waals surface area contributed by atoms with E-state index in [4.69, 9.17) is 4.74 Å². The Kier molecular flexibility index (Phi) is 6.11. The highest BCUT2D eigenvalue weighted by Gasteiger charge is 2.33. The highest BCUT2D eigenvalue weighted by Crippen LogP contribution is 2.33. The van der Waals surface area contributed by atoms with Crippen molar-refractivity contribution in [2.45, 2.75) is 25.2 Å². The molecule has 0 bridgehead atoms. The Balaban J connectivity index is 1.48. The van der Waals surface area contributed by atoms with Crippen molar-refractivity contribution < 1.29 is 17.9 Å². The zero-order chi connectivity index (χ0) is 21.0. The lowest BCUT2D eigenvalue weighted by molar-refractivity contribution is -0.138. The summed E-state index contributed by atoms with van der Waals surface area (Å²) in [6.07, 6.45) is -0.879. The molecule has 1 fully saturated rings. The summed E-state index contributed by atoms with van der Waals surface area (Å²) in [4.78, 5) is 11.1. The Labute approximate surface area is 173 Å². The number of halogens is 3. The van der Waals surface area contributed by atoms with Crippen molar-refractivity contribution in [3.8, 4) is 0 Å². The minimum Gasteiger partial charge on any atom is -0.369 e. The van der Waals surface area contributed by atoms with Crippen molar-refractivity contribution in [2.75, 3.05) is 19.7 Å². The van der Waals surface area contributed by atoms with E-state index in [2.05, 4.69) is 14.9 Å². The Bertz CT molecular complexity index is 979. The van der Waals surface area contributed by atoms with Gasteiger partial charge in [0.25, 0.3) is 0 Å². The molecule has 2 aromatic heterocycles. The van der Waals surface area contributed by atoms with E-state index in [-0.39, 0.29) is 18.1 Å². The van der Waals surface area contributed by atoms with Gasteiger partial charge in [0.1, 0.15) is 6.10 Å². The molecule has 0 aliphatic carbocycles. The second kappa shape index (κ2) is 8.93. The predicted octanol–water partition coefficient (Wildman–Crippen LogP) is 4.66. The van der Waals surface area contributed by atoms with Crippen LogP contribution in [-0.4, -0.2) is 34.6 Å². The highest BCUT2D eigenvalue weighted by molar-refractivity contribution is 5.33. The molecule has 1 atom stereocenters. The number of pyridine rings is 2. The Morgan fingerprint density at radius 2 is 1.90 bits per heavy atom. The van der Waals surface area contributed by atoms with Crippen LogP contribution in [0.1, 0.15) is 34.2 Å². The van der Waals surface area contributed by atoms with Crippen molar-refractivity contribution in [3.63, 3.8) is 0 Å². The van der Waals surface area contributed by atoms with E-state index in [0.717, 1.165) is 30.4 Å². The molecular weight excluding hydrogens is 391 g/mol. The molecular formula is C23H22F3N3O. The standard InChI is InChI=1S/C23H22F3N3O/c24-23(25,26)20-8-2-1-6-18(20)13-19-7-3-9-21(28-19)22-16-29(11-12-30-22)15-17-5-4-10-27-14-17/h1-10,14,22H,11-13,15-16H2/t22-/m0/s1. The molecule has 1 aliphatic rings. The lowest BCUT2D eigenvalue weighted by Crippen LogP contribution is -2.38. The SMILES string of the molecule is FC(F)(F)c1ccccc1Cc1cccc([C@@H]2CN(Cc3cccnc3)CCO2)n1. The molecule has 3 aromatic rings. The normalized spacial score (nSPS) is 17.8. The van der Waals surface area contributed by atoms with Crippen LogP contribution >= 0.6 is 0 Å². The number of rotatable bonds is 5. The van der Waals surface area contributed by atoms with E-state index in [0.29, 0.717) is 18.8 Å². The molecule has 1 saturated heterocycles. The van der Waals surface area contributed by atoms with Crippen LogP contribution in [0.5, 0.6) is 0 Å². The van der Waals surface area contributed by atoms with Crippen molar-refractivity contribution in [2.24, 2.45) is 0 Å². The van der Waals surface area contributed by atoms with Crippen molar-refractivity contribution in [3.05, 3.63) is 95.1 Å². The maximum atomic E-state index is 13.3. The van der Waals surface area contributed by atoms with Crippen molar-refractivity contribution >= 4 is 0 Å². The molecule has 1 aliphatic heterocycles. The number of benzene rings is 1. The maximum absolute atomic E-state index is 13.3. The zero-order valence-corrected chi connectivity index (χ0v) is 16.3. The molecule has 0 amide bonds. The van der Waals surface area contributed by atoms with Gasteiger partial charge in [0, 0.05) is 44.1 Å². The maximum Gasteiger partial charge on any atom is 0.416 e. The first-order valence-corrected chi connectivity index (χ1v) is 9.83. The lowest BCUT2D eigenvalue weighted by atomic mass is 10.0. The van der Waals surface area contributed by atoms with Gasteiger partial charge in [0.2, 0.25) is 0 Å². The first-order chi connectivity index (χ1) is 14.5. The summed E-state index contributed by atoms with van der Waals surface area (Å²) < 4.78 is 45.8. The second-order valence-corrected chi connectivity index (χ2v) is 7.34. The monoisotopic (exact) mass is 413 g/mol. The quantitative estimate of drug-likeness (QED) is 0.610. The summed E-state index contributed by atoms with van der Waals surface area (Å²) in [5.41, 5.74) is 2.07. The predicted molar refractivity (Wildman–Crippen MR) is 107 cm³/mol. The van der Waals surface area contributed by atoms with E-state index in [1.807, 2.05) is 30.5 Å². The van der Waals surface area contributed by atoms with E-state index < -0.39 is 11.7 Å². The fourth-order valence-electron chi connectivity index (χ4n) is 3.70. The van der Waals surface area contributed by atoms with Crippen LogP contribution in [0.4, 0.5) is 13.2 Å². The fraction of sp³-hybridized carbons (Fsp3) is 0.304. The van der Waals surface area contributed by atoms with E-state index in [1.54, 1.807) is 18.3 Å². The topological polar surface area (TPSA) is 38.2 Å². The highest BCUT2D eigenvalue weighted by atomic mass is 19.4. The van der Waals surface area contributed by atoms with Gasteiger partial charge in [-0.2, -0.15) is 13.2 Å². The number of ether oxygens (including phenoxy) is 1. The summed E-state index contributed by atoms with van der Waals surface area (Å²) in [7, 11) is 0. The zero-order valence-electron chi connectivity index (χ0n) is 16.3. The molecule has 7 heteroatoms. The van der Waals surface area contributed by atoms with E-state index >= 15 is 0 Å². The summed E-state index contributed by atoms with van der Waals surface area (Å²) >= 11 is 0. The molecule has 1 aromatic carbocycles. The lowest BCUT2D eigenvalue weighted by Gasteiger charge is -2.32. The smallest absolute Gasteiger partial charge is 0.369 e. The second-order valence-electron chi connectivity index (χ2n) is 7.34. The molecule has 0 unspecified atom stereocenters. The number of hydrogen-bond acceptors (Lipinski definition) is 4. The Morgan fingerprint density at radius 1 is 1.03 bits per heavy atom. The number of hydrogen-bond donors (Lipinski definition) is 0. The summed E-state index contributed by atoms with van der Waals surface area (Å²) in [5.74, 6) is 0. The fourth-order valence-corrected chi connectivity index (χ4v) is 3.70. The first kappa shape index (κ1) is 20.5. The van der Waals surface area contributed by atoms with Gasteiger partial charge in [0.15, 0.2) is 0 Å². The third-order valence-electron chi connectivity index (χ3n) is 5.13. The van der Waals surface area contributed by atoms with Gasteiger partial charge in [-0.1, -0.05) is 30.3 Å². The van der Waals surface area contributed by atoms with Gasteiger partial charge in [-0.3, -0.25) is 14.9 Å². The average Bonchev–Trinajstić information content (AvgIpc) is 2.75. The van der Waals surface area contributed by atoms with Crippen LogP contribution < -0.4 is 0 Å². The molecule has 4 rings (SSSR count).